The van der Waals surface area contributed by atoms with Gasteiger partial charge < -0.3 is 0 Å². The quantitative estimate of drug-likeness (QED) is 0.449. The molecule has 12 rings (SSSR count). The first-order chi connectivity index (χ1) is 14.8. The van der Waals surface area contributed by atoms with Gasteiger partial charge in [-0.15, -0.1) is 0 Å². The Labute approximate surface area is 175 Å². The van der Waals surface area contributed by atoms with Gasteiger partial charge in [0, 0.05) is 0 Å². The first-order valence-corrected chi connectivity index (χ1v) is 18.6. The number of hydrogen-bond donors (Lipinski definition) is 0. The second kappa shape index (κ2) is 1.93. The molecule has 2 aromatic carbocycles. The fraction of sp³-hybridized carbons (Fsp3) is 0.571. The molecule has 31 heavy (non-hydrogen) atoms. The molecule has 3 heteroatoms. The molecular formula is C28H32FeN2. The van der Waals surface area contributed by atoms with Crippen molar-refractivity contribution in [3.63, 3.8) is 0 Å². The standard InChI is InChI=1S/2C14H16N.Fe/c2*1-15(2)14(13-10-6-7-11-13)12-8-4-3-5-9-12;/h2*3-11,14H,1-2H3;/t2*14-;/m11./s1. The average molecular weight is 452 g/mol. The van der Waals surface area contributed by atoms with Crippen molar-refractivity contribution in [1.29, 1.82) is 0 Å². The topological polar surface area (TPSA) is 6.48 Å². The molecule has 10 atom stereocenters. The average Bonchev–Trinajstić information content (AvgIpc) is 3.71. The van der Waals surface area contributed by atoms with Gasteiger partial charge in [0.05, 0.1) is 0 Å². The van der Waals surface area contributed by atoms with Crippen LogP contribution in [0.3, 0.4) is 0 Å². The molecule has 0 bridgehead atoms. The third-order valence-electron chi connectivity index (χ3n) is 19.1. The van der Waals surface area contributed by atoms with E-state index in [1.807, 2.05) is 0 Å². The molecule has 0 amide bonds. The van der Waals surface area contributed by atoms with Gasteiger partial charge in [-0.3, -0.25) is 0 Å². The van der Waals surface area contributed by atoms with Crippen LogP contribution in [0.1, 0.15) is 23.2 Å². The zero-order chi connectivity index (χ0) is 20.5. The Hall–Kier alpha value is -1.12. The van der Waals surface area contributed by atoms with Crippen LogP contribution in [-0.2, 0) is 6.51 Å². The van der Waals surface area contributed by atoms with Crippen LogP contribution in [0, 0.1) is 0 Å². The fourth-order valence-corrected chi connectivity index (χ4v) is 99.2. The molecule has 10 aliphatic rings. The van der Waals surface area contributed by atoms with Gasteiger partial charge in [-0.2, -0.15) is 0 Å². The first-order valence-electron chi connectivity index (χ1n) is 12.4. The Morgan fingerprint density at radius 3 is 1.16 bits per heavy atom. The summed E-state index contributed by atoms with van der Waals surface area (Å²) in [5.74, 6) is 0. The molecule has 0 aliphatic carbocycles. The second-order valence-electron chi connectivity index (χ2n) is 15.4. The number of rotatable bonds is 6. The summed E-state index contributed by atoms with van der Waals surface area (Å²) in [6.45, 7) is -3.66. The Bertz CT molecular complexity index is 1530. The molecule has 10 aliphatic heterocycles. The molecular weight excluding hydrogens is 420 g/mol. The van der Waals surface area contributed by atoms with E-state index in [2.05, 4.69) is 98.7 Å². The van der Waals surface area contributed by atoms with Crippen LogP contribution in [0.25, 0.3) is 0 Å². The van der Waals surface area contributed by atoms with Gasteiger partial charge in [-0.25, -0.2) is 0 Å². The molecule has 10 saturated heterocycles. The molecule has 0 radical (unpaired) electrons. The van der Waals surface area contributed by atoms with E-state index < -0.39 is 6.51 Å². The Morgan fingerprint density at radius 2 is 0.903 bits per heavy atom. The summed E-state index contributed by atoms with van der Waals surface area (Å²) in [4.78, 5) is 15.6. The molecule has 2 nitrogen and oxygen atoms in total. The van der Waals surface area contributed by atoms with Gasteiger partial charge in [0.15, 0.2) is 0 Å². The van der Waals surface area contributed by atoms with Crippen LogP contribution < -0.4 is 0 Å². The van der Waals surface area contributed by atoms with Crippen molar-refractivity contribution >= 4 is 0 Å². The molecule has 10 heterocycles. The van der Waals surface area contributed by atoms with Crippen LogP contribution in [0.15, 0.2) is 60.7 Å². The first kappa shape index (κ1) is 14.9. The number of benzene rings is 2. The van der Waals surface area contributed by atoms with Crippen LogP contribution >= 0.6 is 0 Å². The van der Waals surface area contributed by atoms with Crippen molar-refractivity contribution in [3.8, 4) is 0 Å². The van der Waals surface area contributed by atoms with E-state index in [4.69, 9.17) is 0 Å². The fourth-order valence-electron chi connectivity index (χ4n) is 21.6. The summed E-state index contributed by atoms with van der Waals surface area (Å²) < 4.78 is 1.59. The number of fused-ring (bicyclic) bond motifs is 10. The summed E-state index contributed by atoms with van der Waals surface area (Å²) >= 11 is 0. The number of hydrogen-bond acceptors (Lipinski definition) is 2. The Morgan fingerprint density at radius 1 is 0.581 bits per heavy atom. The van der Waals surface area contributed by atoms with Crippen LogP contribution in [0.2, 0.25) is 47.2 Å². The predicted octanol–water partition coefficient (Wildman–Crippen LogP) is 6.72. The van der Waals surface area contributed by atoms with E-state index >= 15 is 0 Å². The van der Waals surface area contributed by atoms with Crippen molar-refractivity contribution in [1.82, 2.24) is 9.80 Å². The number of nitrogens with zero attached hydrogens (tertiary/aromatic N) is 2. The van der Waals surface area contributed by atoms with E-state index in [0.29, 0.717) is 12.1 Å². The monoisotopic (exact) mass is 452 g/mol. The third-order valence-corrected chi connectivity index (χ3v) is 62.4. The molecule has 8 unspecified atom stereocenters. The van der Waals surface area contributed by atoms with Crippen LogP contribution in [-0.4, -0.2) is 38.0 Å². The summed E-state index contributed by atoms with van der Waals surface area (Å²) in [6.07, 6.45) is 0. The van der Waals surface area contributed by atoms with Crippen molar-refractivity contribution in [2.75, 3.05) is 28.2 Å². The Kier molecular flexibility index (Phi) is 0.928. The van der Waals surface area contributed by atoms with Gasteiger partial charge in [0.1, 0.15) is 0 Å². The van der Waals surface area contributed by atoms with E-state index in [-0.39, 0.29) is 0 Å². The third kappa shape index (κ3) is 0.289. The van der Waals surface area contributed by atoms with Crippen LogP contribution in [0.4, 0.5) is 0 Å². The van der Waals surface area contributed by atoms with Gasteiger partial charge in [-0.05, 0) is 0 Å². The zero-order valence-corrected chi connectivity index (χ0v) is 19.9. The summed E-state index contributed by atoms with van der Waals surface area (Å²) in [6, 6.07) is 25.0. The molecule has 162 valence electrons. The zero-order valence-electron chi connectivity index (χ0n) is 18.8. The second-order valence-corrected chi connectivity index (χ2v) is 38.7. The van der Waals surface area contributed by atoms with E-state index in [9.17, 15) is 0 Å². The van der Waals surface area contributed by atoms with Crippen LogP contribution in [0.5, 0.6) is 0 Å². The molecule has 0 N–H and O–H groups in total. The van der Waals surface area contributed by atoms with E-state index in [1.54, 1.807) is 11.1 Å². The predicted molar refractivity (Wildman–Crippen MR) is 121 cm³/mol. The minimum atomic E-state index is -3.66. The van der Waals surface area contributed by atoms with Crippen molar-refractivity contribution in [2.45, 2.75) is 59.2 Å². The SMILES string of the molecule is CN(C)[C@H](c1ccccc1)[C]12[CH]3[CH]4[CH]5[CH]1[Fe]45321678[CH]2[CH]1[CH]6[C]7([C@@H](c1ccccc1)N(C)C)[CH]28. The van der Waals surface area contributed by atoms with Gasteiger partial charge in [0.25, 0.3) is 0 Å². The normalized spacial score (nSPS) is 75.4. The minimum absolute atomic E-state index is 0.707. The molecule has 0 aromatic heterocycles. The van der Waals surface area contributed by atoms with Gasteiger partial charge in [-0.1, -0.05) is 0 Å². The van der Waals surface area contributed by atoms with Crippen molar-refractivity contribution < 1.29 is 6.51 Å². The molecule has 10 fully saturated rings. The van der Waals surface area contributed by atoms with Crippen molar-refractivity contribution in [3.05, 3.63) is 71.8 Å². The summed E-state index contributed by atoms with van der Waals surface area (Å²) in [5.41, 5.74) is 3.30. The maximum absolute atomic E-state index is 3.66. The van der Waals surface area contributed by atoms with Crippen molar-refractivity contribution in [2.24, 2.45) is 0 Å². The maximum atomic E-state index is 2.69. The Balaban J connectivity index is 1.21. The molecule has 2 aromatic rings. The van der Waals surface area contributed by atoms with E-state index in [0.717, 1.165) is 8.63 Å². The molecule has 0 saturated carbocycles. The van der Waals surface area contributed by atoms with Gasteiger partial charge in [0.2, 0.25) is 0 Å². The molecule has 1 spiro atoms. The summed E-state index contributed by atoms with van der Waals surface area (Å²) in [7, 11) is 9.66. The summed E-state index contributed by atoms with van der Waals surface area (Å²) in [5, 5.41) is 0. The van der Waals surface area contributed by atoms with E-state index in [1.165, 1.54) is 38.5 Å². The van der Waals surface area contributed by atoms with Gasteiger partial charge >= 0.3 is 176 Å².